The number of rotatable bonds is 4. The molecule has 0 spiro atoms. The first-order valence-electron chi connectivity index (χ1n) is 10.6. The van der Waals surface area contributed by atoms with Gasteiger partial charge in [-0.3, -0.25) is 9.59 Å². The van der Waals surface area contributed by atoms with Crippen molar-refractivity contribution >= 4 is 11.8 Å². The lowest BCUT2D eigenvalue weighted by atomic mass is 10.1. The molecule has 2 amide bonds. The van der Waals surface area contributed by atoms with E-state index < -0.39 is 17.6 Å². The van der Waals surface area contributed by atoms with Gasteiger partial charge in [-0.05, 0) is 44.2 Å². The third-order valence-electron chi connectivity index (χ3n) is 6.02. The summed E-state index contributed by atoms with van der Waals surface area (Å²) >= 11 is 0. The Labute approximate surface area is 189 Å². The molecule has 174 valence electrons. The molecule has 4 rings (SSSR count). The highest BCUT2D eigenvalue weighted by Crippen LogP contribution is 2.32. The highest BCUT2D eigenvalue weighted by molar-refractivity contribution is 5.97. The van der Waals surface area contributed by atoms with Gasteiger partial charge in [0.2, 0.25) is 0 Å². The van der Waals surface area contributed by atoms with Crippen molar-refractivity contribution in [2.75, 3.05) is 26.2 Å². The van der Waals surface area contributed by atoms with Crippen LogP contribution in [-0.2, 0) is 12.7 Å². The number of carbonyl (C=O) groups is 2. The smallest absolute Gasteiger partial charge is 0.417 e. The number of nitrogens with zero attached hydrogens (tertiary/aromatic N) is 3. The predicted octanol–water partition coefficient (Wildman–Crippen LogP) is 4.36. The lowest BCUT2D eigenvalue weighted by Crippen LogP contribution is -2.50. The number of aromatic nitrogens is 1. The number of amides is 2. The zero-order valence-corrected chi connectivity index (χ0v) is 18.4. The van der Waals surface area contributed by atoms with E-state index in [-0.39, 0.29) is 37.6 Å². The SMILES string of the molecule is Cc1cc(C(=O)N2CCN(C(=O)c3ccccc3C(F)(F)F)CC2)c(C)n1Cc1ccco1. The molecule has 0 unspecified atom stereocenters. The van der Waals surface area contributed by atoms with Crippen LogP contribution in [0.2, 0.25) is 0 Å². The van der Waals surface area contributed by atoms with Crippen LogP contribution < -0.4 is 0 Å². The monoisotopic (exact) mass is 459 g/mol. The molecule has 0 saturated carbocycles. The van der Waals surface area contributed by atoms with Gasteiger partial charge in [-0.2, -0.15) is 13.2 Å². The average molecular weight is 459 g/mol. The van der Waals surface area contributed by atoms with Gasteiger partial charge in [0.1, 0.15) is 5.76 Å². The first-order chi connectivity index (χ1) is 15.7. The van der Waals surface area contributed by atoms with Crippen molar-refractivity contribution in [1.82, 2.24) is 14.4 Å². The first kappa shape index (κ1) is 22.7. The van der Waals surface area contributed by atoms with Crippen LogP contribution >= 0.6 is 0 Å². The maximum absolute atomic E-state index is 13.3. The lowest BCUT2D eigenvalue weighted by Gasteiger charge is -2.35. The van der Waals surface area contributed by atoms with E-state index in [4.69, 9.17) is 4.42 Å². The molecular formula is C24H24F3N3O3. The molecule has 9 heteroatoms. The van der Waals surface area contributed by atoms with E-state index in [0.717, 1.165) is 23.2 Å². The van der Waals surface area contributed by atoms with Crippen LogP contribution in [-0.4, -0.2) is 52.4 Å². The molecule has 0 atom stereocenters. The van der Waals surface area contributed by atoms with E-state index in [1.807, 2.05) is 36.6 Å². The number of carbonyl (C=O) groups excluding carboxylic acids is 2. The molecule has 1 aromatic carbocycles. The van der Waals surface area contributed by atoms with E-state index in [9.17, 15) is 22.8 Å². The standard InChI is InChI=1S/C24H24F3N3O3/c1-16-14-20(17(2)30(16)15-18-6-5-13-33-18)23(32)29-11-9-28(10-12-29)22(31)19-7-3-4-8-21(19)24(25,26)27/h3-8,13-14H,9-12,15H2,1-2H3. The van der Waals surface area contributed by atoms with Crippen molar-refractivity contribution in [2.24, 2.45) is 0 Å². The van der Waals surface area contributed by atoms with Gasteiger partial charge in [0.25, 0.3) is 11.8 Å². The second kappa shape index (κ2) is 8.80. The quantitative estimate of drug-likeness (QED) is 0.583. The zero-order valence-electron chi connectivity index (χ0n) is 18.4. The topological polar surface area (TPSA) is 58.7 Å². The molecule has 1 aliphatic rings. The van der Waals surface area contributed by atoms with Crippen LogP contribution in [0.25, 0.3) is 0 Å². The summed E-state index contributed by atoms with van der Waals surface area (Å²) in [4.78, 5) is 28.9. The van der Waals surface area contributed by atoms with Crippen molar-refractivity contribution in [3.8, 4) is 0 Å². The number of hydrogen-bond acceptors (Lipinski definition) is 3. The molecule has 3 aromatic rings. The van der Waals surface area contributed by atoms with E-state index in [1.165, 1.54) is 23.1 Å². The Hall–Kier alpha value is -3.49. The van der Waals surface area contributed by atoms with E-state index in [2.05, 4.69) is 0 Å². The van der Waals surface area contributed by atoms with Crippen LogP contribution in [0.5, 0.6) is 0 Å². The van der Waals surface area contributed by atoms with Gasteiger partial charge >= 0.3 is 6.18 Å². The predicted molar refractivity (Wildman–Crippen MR) is 115 cm³/mol. The molecule has 0 bridgehead atoms. The number of piperazine rings is 1. The minimum Gasteiger partial charge on any atom is -0.467 e. The second-order valence-electron chi connectivity index (χ2n) is 8.08. The van der Waals surface area contributed by atoms with Crippen molar-refractivity contribution in [3.63, 3.8) is 0 Å². The summed E-state index contributed by atoms with van der Waals surface area (Å²) in [6.45, 7) is 5.14. The largest absolute Gasteiger partial charge is 0.467 e. The number of hydrogen-bond donors (Lipinski definition) is 0. The fourth-order valence-corrected chi connectivity index (χ4v) is 4.19. The summed E-state index contributed by atoms with van der Waals surface area (Å²) in [6.07, 6.45) is -3.01. The van der Waals surface area contributed by atoms with Crippen LogP contribution in [0.3, 0.4) is 0 Å². The molecule has 0 aliphatic carbocycles. The molecule has 0 radical (unpaired) electrons. The van der Waals surface area contributed by atoms with Gasteiger partial charge in [-0.25, -0.2) is 0 Å². The van der Waals surface area contributed by atoms with Gasteiger partial charge < -0.3 is 18.8 Å². The Balaban J connectivity index is 1.45. The van der Waals surface area contributed by atoms with Gasteiger partial charge in [0, 0.05) is 37.6 Å². The van der Waals surface area contributed by atoms with Crippen molar-refractivity contribution in [1.29, 1.82) is 0 Å². The lowest BCUT2D eigenvalue weighted by molar-refractivity contribution is -0.138. The Morgan fingerprint density at radius 2 is 1.52 bits per heavy atom. The fourth-order valence-electron chi connectivity index (χ4n) is 4.19. The molecule has 1 saturated heterocycles. The minimum atomic E-state index is -4.61. The Morgan fingerprint density at radius 3 is 2.09 bits per heavy atom. The normalized spacial score (nSPS) is 14.6. The number of aryl methyl sites for hydroxylation is 1. The molecule has 0 N–H and O–H groups in total. The molecule has 6 nitrogen and oxygen atoms in total. The van der Waals surface area contributed by atoms with Gasteiger partial charge in [0.05, 0.1) is 29.5 Å². The van der Waals surface area contributed by atoms with Crippen molar-refractivity contribution in [3.05, 3.63) is 82.6 Å². The zero-order chi connectivity index (χ0) is 23.8. The maximum atomic E-state index is 13.3. The van der Waals surface area contributed by atoms with Crippen LogP contribution in [0.15, 0.2) is 53.1 Å². The third-order valence-corrected chi connectivity index (χ3v) is 6.02. The van der Waals surface area contributed by atoms with Gasteiger partial charge in [-0.15, -0.1) is 0 Å². The van der Waals surface area contributed by atoms with Gasteiger partial charge in [0.15, 0.2) is 0 Å². The molecule has 3 heterocycles. The Bertz CT molecular complexity index is 1160. The average Bonchev–Trinajstić information content (AvgIpc) is 3.41. The molecule has 2 aromatic heterocycles. The van der Waals surface area contributed by atoms with Crippen molar-refractivity contribution < 1.29 is 27.2 Å². The molecule has 33 heavy (non-hydrogen) atoms. The third kappa shape index (κ3) is 4.53. The van der Waals surface area contributed by atoms with Crippen LogP contribution in [0.1, 0.15) is 43.4 Å². The number of alkyl halides is 3. The van der Waals surface area contributed by atoms with Crippen LogP contribution in [0.4, 0.5) is 13.2 Å². The maximum Gasteiger partial charge on any atom is 0.417 e. The number of halogens is 3. The molecule has 1 aliphatic heterocycles. The van der Waals surface area contributed by atoms with Crippen molar-refractivity contribution in [2.45, 2.75) is 26.6 Å². The van der Waals surface area contributed by atoms with E-state index >= 15 is 0 Å². The van der Waals surface area contributed by atoms with E-state index in [1.54, 1.807) is 11.2 Å². The number of furan rings is 1. The number of benzene rings is 1. The molecular weight excluding hydrogens is 435 g/mol. The Morgan fingerprint density at radius 1 is 0.909 bits per heavy atom. The minimum absolute atomic E-state index is 0.156. The van der Waals surface area contributed by atoms with Gasteiger partial charge in [-0.1, -0.05) is 12.1 Å². The van der Waals surface area contributed by atoms with E-state index in [0.29, 0.717) is 12.1 Å². The Kier molecular flexibility index (Phi) is 6.05. The molecule has 1 fully saturated rings. The second-order valence-corrected chi connectivity index (χ2v) is 8.08. The summed E-state index contributed by atoms with van der Waals surface area (Å²) < 4.78 is 47.3. The summed E-state index contributed by atoms with van der Waals surface area (Å²) in [5.41, 5.74) is 0.987. The fraction of sp³-hybridized carbons (Fsp3) is 0.333. The first-order valence-corrected chi connectivity index (χ1v) is 10.6. The van der Waals surface area contributed by atoms with Crippen LogP contribution in [0, 0.1) is 13.8 Å². The highest BCUT2D eigenvalue weighted by Gasteiger charge is 2.36. The summed E-state index contributed by atoms with van der Waals surface area (Å²) in [6, 6.07) is 10.3. The summed E-state index contributed by atoms with van der Waals surface area (Å²) in [5.74, 6) is -0.0506. The highest BCUT2D eigenvalue weighted by atomic mass is 19.4. The summed E-state index contributed by atoms with van der Waals surface area (Å²) in [5, 5.41) is 0. The summed E-state index contributed by atoms with van der Waals surface area (Å²) in [7, 11) is 0.